The highest BCUT2D eigenvalue weighted by Crippen LogP contribution is 2.59. The Morgan fingerprint density at radius 3 is 2.47 bits per heavy atom. The second-order valence-corrected chi connectivity index (χ2v) is 5.12. The van der Waals surface area contributed by atoms with Gasteiger partial charge < -0.3 is 14.2 Å². The van der Waals surface area contributed by atoms with E-state index in [1.54, 1.807) is 19.9 Å². The van der Waals surface area contributed by atoms with Gasteiger partial charge in [0.25, 0.3) is 0 Å². The highest BCUT2D eigenvalue weighted by atomic mass is 31.2. The molecule has 0 atom stereocenters. The molecule has 0 amide bonds. The van der Waals surface area contributed by atoms with Crippen molar-refractivity contribution in [3.8, 4) is 0 Å². The Labute approximate surface area is 90.1 Å². The number of hydrogen-bond acceptors (Lipinski definition) is 4. The molecule has 0 aromatic heterocycles. The van der Waals surface area contributed by atoms with Crippen molar-refractivity contribution in [2.75, 3.05) is 19.8 Å². The average molecular weight is 232 g/mol. The lowest BCUT2D eigenvalue weighted by atomic mass is 10.3. The molecule has 0 spiro atoms. The summed E-state index contributed by atoms with van der Waals surface area (Å²) in [5, 5.41) is 9.69. The lowest BCUT2D eigenvalue weighted by Crippen LogP contribution is -2.00. The molecule has 1 rings (SSSR count). The van der Waals surface area contributed by atoms with E-state index in [1.165, 1.54) is 0 Å². The van der Waals surface area contributed by atoms with Gasteiger partial charge in [-0.3, -0.25) is 4.57 Å². The molecular formula is C10H17O4P. The molecule has 4 nitrogen and oxygen atoms in total. The van der Waals surface area contributed by atoms with Crippen molar-refractivity contribution in [1.82, 2.24) is 0 Å². The van der Waals surface area contributed by atoms with Gasteiger partial charge >= 0.3 is 7.60 Å². The third-order valence-corrected chi connectivity index (χ3v) is 4.43. The van der Waals surface area contributed by atoms with Crippen LogP contribution in [0, 0.1) is 0 Å². The summed E-state index contributed by atoms with van der Waals surface area (Å²) in [5.74, 6) is 0. The van der Waals surface area contributed by atoms with Crippen molar-refractivity contribution >= 4 is 7.60 Å². The Hall–Kier alpha value is -0.410. The zero-order chi connectivity index (χ0) is 11.3. The summed E-state index contributed by atoms with van der Waals surface area (Å²) in [6.45, 7) is 4.08. The van der Waals surface area contributed by atoms with Crippen LogP contribution in [0.4, 0.5) is 0 Å². The van der Waals surface area contributed by atoms with Gasteiger partial charge in [-0.2, -0.15) is 0 Å². The molecule has 0 radical (unpaired) electrons. The van der Waals surface area contributed by atoms with Crippen molar-refractivity contribution in [3.63, 3.8) is 0 Å². The highest BCUT2D eigenvalue weighted by molar-refractivity contribution is 7.58. The van der Waals surface area contributed by atoms with E-state index in [-0.39, 0.29) is 6.61 Å². The molecule has 0 aromatic carbocycles. The molecule has 0 fully saturated rings. The molecular weight excluding hydrogens is 215 g/mol. The molecule has 1 aliphatic rings. The number of allylic oxidation sites excluding steroid dienone is 2. The molecule has 15 heavy (non-hydrogen) atoms. The first kappa shape index (κ1) is 12.7. The first-order valence-electron chi connectivity index (χ1n) is 5.07. The van der Waals surface area contributed by atoms with Crippen LogP contribution in [0.3, 0.4) is 0 Å². The van der Waals surface area contributed by atoms with Gasteiger partial charge in [-0.25, -0.2) is 0 Å². The third kappa shape index (κ3) is 2.79. The molecule has 86 valence electrons. The topological polar surface area (TPSA) is 55.8 Å². The minimum Gasteiger partial charge on any atom is -0.392 e. The third-order valence-electron chi connectivity index (χ3n) is 2.10. The normalized spacial score (nSPS) is 16.5. The van der Waals surface area contributed by atoms with Crippen LogP contribution in [0.15, 0.2) is 23.0 Å². The Bertz CT molecular complexity index is 309. The number of aliphatic hydroxyl groups excluding tert-OH is 1. The Balaban J connectivity index is 2.95. The standard InChI is InChI=1S/C10H17O4P/c1-3-13-15(12,14-4-2)10-7-5-6-9(10)8-11/h5-6,11H,3-4,7-8H2,1-2H3. The van der Waals surface area contributed by atoms with E-state index in [1.807, 2.05) is 6.08 Å². The predicted molar refractivity (Wildman–Crippen MR) is 58.7 cm³/mol. The van der Waals surface area contributed by atoms with Crippen LogP contribution in [0.25, 0.3) is 0 Å². The number of hydrogen-bond donors (Lipinski definition) is 1. The van der Waals surface area contributed by atoms with Gasteiger partial charge in [0.05, 0.1) is 25.1 Å². The first-order valence-corrected chi connectivity index (χ1v) is 6.61. The molecule has 0 saturated carbocycles. The molecule has 0 unspecified atom stereocenters. The summed E-state index contributed by atoms with van der Waals surface area (Å²) < 4.78 is 22.8. The van der Waals surface area contributed by atoms with E-state index in [2.05, 4.69) is 0 Å². The molecule has 0 heterocycles. The van der Waals surface area contributed by atoms with Crippen LogP contribution in [0.1, 0.15) is 20.3 Å². The predicted octanol–water partition coefficient (Wildman–Crippen LogP) is 2.46. The molecule has 0 bridgehead atoms. The summed E-state index contributed by atoms with van der Waals surface area (Å²) >= 11 is 0. The van der Waals surface area contributed by atoms with Crippen molar-refractivity contribution in [2.45, 2.75) is 20.3 Å². The van der Waals surface area contributed by atoms with Crippen LogP contribution in [-0.4, -0.2) is 24.9 Å². The zero-order valence-corrected chi connectivity index (χ0v) is 10.00. The van der Waals surface area contributed by atoms with Gasteiger partial charge in [-0.15, -0.1) is 0 Å². The second kappa shape index (κ2) is 5.61. The quantitative estimate of drug-likeness (QED) is 0.715. The van der Waals surface area contributed by atoms with E-state index in [9.17, 15) is 4.57 Å². The molecule has 0 saturated heterocycles. The maximum Gasteiger partial charge on any atom is 0.357 e. The van der Waals surface area contributed by atoms with Crippen molar-refractivity contribution in [3.05, 3.63) is 23.0 Å². The fraction of sp³-hybridized carbons (Fsp3) is 0.600. The average Bonchev–Trinajstić information content (AvgIpc) is 2.66. The Morgan fingerprint density at radius 1 is 1.40 bits per heavy atom. The molecule has 1 aliphatic carbocycles. The lowest BCUT2D eigenvalue weighted by Gasteiger charge is -2.19. The van der Waals surface area contributed by atoms with Crippen LogP contribution in [-0.2, 0) is 13.6 Å². The second-order valence-electron chi connectivity index (χ2n) is 3.07. The first-order chi connectivity index (χ1) is 7.18. The van der Waals surface area contributed by atoms with Crippen LogP contribution in [0.2, 0.25) is 0 Å². The molecule has 5 heteroatoms. The summed E-state index contributed by atoms with van der Waals surface area (Å²) in [4.78, 5) is 0. The Morgan fingerprint density at radius 2 is 2.00 bits per heavy atom. The highest BCUT2D eigenvalue weighted by Gasteiger charge is 2.32. The van der Waals surface area contributed by atoms with E-state index in [0.717, 1.165) is 0 Å². The van der Waals surface area contributed by atoms with Gasteiger partial charge in [0.15, 0.2) is 0 Å². The number of aliphatic hydroxyl groups is 1. The van der Waals surface area contributed by atoms with E-state index in [4.69, 9.17) is 14.2 Å². The maximum atomic E-state index is 12.3. The smallest absolute Gasteiger partial charge is 0.357 e. The fourth-order valence-electron chi connectivity index (χ4n) is 1.50. The summed E-state index contributed by atoms with van der Waals surface area (Å²) in [6, 6.07) is 0. The van der Waals surface area contributed by atoms with Gasteiger partial charge in [0.2, 0.25) is 0 Å². The van der Waals surface area contributed by atoms with Gasteiger partial charge in [-0.1, -0.05) is 12.2 Å². The van der Waals surface area contributed by atoms with Crippen LogP contribution >= 0.6 is 7.60 Å². The van der Waals surface area contributed by atoms with E-state index in [0.29, 0.717) is 30.5 Å². The van der Waals surface area contributed by atoms with Gasteiger partial charge in [-0.05, 0) is 25.8 Å². The fourth-order valence-corrected chi connectivity index (χ4v) is 3.40. The van der Waals surface area contributed by atoms with E-state index < -0.39 is 7.60 Å². The van der Waals surface area contributed by atoms with Crippen LogP contribution < -0.4 is 0 Å². The SMILES string of the molecule is CCOP(=O)(OCC)C1=C(CO)C=CC1. The van der Waals surface area contributed by atoms with Crippen molar-refractivity contribution in [2.24, 2.45) is 0 Å². The van der Waals surface area contributed by atoms with Crippen LogP contribution in [0.5, 0.6) is 0 Å². The van der Waals surface area contributed by atoms with Crippen molar-refractivity contribution in [1.29, 1.82) is 0 Å². The minimum atomic E-state index is -3.18. The van der Waals surface area contributed by atoms with Gasteiger partial charge in [0.1, 0.15) is 0 Å². The Kier molecular flexibility index (Phi) is 4.74. The summed E-state index contributed by atoms with van der Waals surface area (Å²) in [5.41, 5.74) is 0.653. The minimum absolute atomic E-state index is 0.129. The summed E-state index contributed by atoms with van der Waals surface area (Å²) in [6.07, 6.45) is 4.15. The lowest BCUT2D eigenvalue weighted by molar-refractivity contribution is 0.225. The maximum absolute atomic E-state index is 12.3. The number of rotatable bonds is 6. The largest absolute Gasteiger partial charge is 0.392 e. The molecule has 0 aliphatic heterocycles. The van der Waals surface area contributed by atoms with E-state index >= 15 is 0 Å². The zero-order valence-electron chi connectivity index (χ0n) is 9.10. The van der Waals surface area contributed by atoms with Gasteiger partial charge in [0, 0.05) is 0 Å². The summed E-state index contributed by atoms with van der Waals surface area (Å²) in [7, 11) is -3.18. The molecule has 0 aromatic rings. The monoisotopic (exact) mass is 232 g/mol. The van der Waals surface area contributed by atoms with Crippen molar-refractivity contribution < 1.29 is 18.7 Å². The molecule has 1 N–H and O–H groups in total.